The second-order valence-corrected chi connectivity index (χ2v) is 33.6. The standard InChI is InChI=1S/C84H132N24O33/c1-8-40(4)66(81(138)101-49(22-24-56(87)111)74(131)107-68(43(7)110)80(137)94-38-60(115)99-54(83(140)141)31-44-16-10-9-11-17-44)105-77(134)52(33-64(122)123)103-73(130)47(18-12-13-27-85)97-57(112)35-92-72(129)48(23-26-62(118)119)100-75(132)50(30-39(2)3)102-76(133)51(32-63(120)121)104-78(135)55-20-15-29-108(55)82(139)53(34-65(124)125)98-59(114)36-91-71(128)46(19-14-28-90-84(88)89)96-58(113)37-93-79(136)67(42(6)109)106-69(126)41(5)95-70(127)45(86)21-25-61(116)117/h9-11,16-17,39-43,45-55,66-68,109-110H,8,12-15,18-38,85-86H2,1-7H3,(H2,87,111)(H,91,128)(H,92,129)(H,93,136)(H,94,137)(H,95,127)(H,96,113)(H,97,112)(H,98,114)(H,99,115)(H,100,132)(H,101,138)(H,102,133)(H,103,130)(H,104,135)(H,105,134)(H,106,126)(H,107,131)(H,116,117)(H,118,119)(H,120,121)(H,122,123)(H,124,125)(H,140,141)(H4,88,89,90)/t40-,41-,42+,43+,45-,46-,47-,48-,49-,50-,51-,52-,53-,54-,55-,66-,67-,68-/m0/s1. The number of aliphatic hydroxyl groups is 2. The number of amides is 19. The number of hydrogen-bond acceptors (Lipinski definition) is 30. The molecular formula is C84H132N24O33. The van der Waals surface area contributed by atoms with Gasteiger partial charge in [0.25, 0.3) is 0 Å². The number of carbonyl (C=O) groups excluding carboxylic acids is 19. The number of carboxylic acids is 6. The number of guanidine groups is 1. The lowest BCUT2D eigenvalue weighted by molar-refractivity contribution is -0.146. The number of likely N-dealkylation sites (tertiary alicyclic amines) is 1. The van der Waals surface area contributed by atoms with Crippen LogP contribution in [-0.2, 0) is 126 Å². The van der Waals surface area contributed by atoms with Crippen LogP contribution in [0.3, 0.4) is 0 Å². The van der Waals surface area contributed by atoms with E-state index >= 15 is 0 Å². The van der Waals surface area contributed by atoms with Crippen LogP contribution in [-0.4, -0.2) is 348 Å². The summed E-state index contributed by atoms with van der Waals surface area (Å²) in [5.74, 6) is -33.3. The van der Waals surface area contributed by atoms with Crippen molar-refractivity contribution in [1.82, 2.24) is 101 Å². The van der Waals surface area contributed by atoms with Crippen molar-refractivity contribution in [2.75, 3.05) is 45.8 Å². The molecule has 0 spiro atoms. The van der Waals surface area contributed by atoms with E-state index in [0.717, 1.165) is 18.7 Å². The summed E-state index contributed by atoms with van der Waals surface area (Å²) in [6, 6.07) is -17.9. The maximum absolute atomic E-state index is 14.3. The summed E-state index contributed by atoms with van der Waals surface area (Å²) < 4.78 is 0. The fraction of sp³-hybridized carbons (Fsp3) is 0.619. The van der Waals surface area contributed by atoms with Crippen LogP contribution in [0.15, 0.2) is 30.3 Å². The number of nitrogens with one attached hydrogen (secondary N) is 19. The molecule has 1 heterocycles. The van der Waals surface area contributed by atoms with Crippen LogP contribution in [0.25, 0.3) is 0 Å². The minimum atomic E-state index is -2.11. The molecule has 1 saturated heterocycles. The summed E-state index contributed by atoms with van der Waals surface area (Å²) in [5, 5.41) is 127. The molecule has 0 aliphatic carbocycles. The minimum Gasteiger partial charge on any atom is -0.481 e. The third kappa shape index (κ3) is 47.3. The van der Waals surface area contributed by atoms with Gasteiger partial charge in [-0.3, -0.25) is 120 Å². The van der Waals surface area contributed by atoms with Crippen LogP contribution in [0.2, 0.25) is 0 Å². The van der Waals surface area contributed by atoms with Crippen molar-refractivity contribution in [2.45, 2.75) is 273 Å². The smallest absolute Gasteiger partial charge is 0.326 e. The van der Waals surface area contributed by atoms with E-state index in [2.05, 4.69) is 95.7 Å². The van der Waals surface area contributed by atoms with Crippen LogP contribution >= 0.6 is 0 Å². The van der Waals surface area contributed by atoms with Crippen molar-refractivity contribution in [3.8, 4) is 0 Å². The predicted molar refractivity (Wildman–Crippen MR) is 487 cm³/mol. The molecule has 18 atom stereocenters. The van der Waals surface area contributed by atoms with Crippen molar-refractivity contribution >= 4 is 154 Å². The molecule has 1 aromatic rings. The molecule has 1 aliphatic rings. The van der Waals surface area contributed by atoms with Gasteiger partial charge in [-0.05, 0) is 115 Å². The van der Waals surface area contributed by atoms with E-state index < -0.39 is 346 Å². The van der Waals surface area contributed by atoms with Gasteiger partial charge in [0.05, 0.1) is 63.7 Å². The Balaban J connectivity index is 2.35. The first kappa shape index (κ1) is 122. The van der Waals surface area contributed by atoms with Crippen LogP contribution < -0.4 is 119 Å². The molecule has 0 unspecified atom stereocenters. The Morgan fingerprint density at radius 2 is 0.816 bits per heavy atom. The number of carbonyl (C=O) groups is 25. The van der Waals surface area contributed by atoms with E-state index in [1.54, 1.807) is 51.1 Å². The van der Waals surface area contributed by atoms with Crippen molar-refractivity contribution in [1.29, 1.82) is 5.41 Å². The zero-order valence-corrected chi connectivity index (χ0v) is 78.8. The zero-order chi connectivity index (χ0) is 107. The van der Waals surface area contributed by atoms with Gasteiger partial charge in [0.15, 0.2) is 5.96 Å². The Labute approximate surface area is 807 Å². The van der Waals surface area contributed by atoms with Crippen LogP contribution in [0.5, 0.6) is 0 Å². The van der Waals surface area contributed by atoms with Crippen molar-refractivity contribution in [3.63, 3.8) is 0 Å². The molecular weight excluding hydrogens is 1870 g/mol. The predicted octanol–water partition coefficient (Wildman–Crippen LogP) is -11.9. The lowest BCUT2D eigenvalue weighted by Crippen LogP contribution is -2.61. The van der Waals surface area contributed by atoms with Crippen LogP contribution in [0.1, 0.15) is 170 Å². The first-order valence-corrected chi connectivity index (χ1v) is 45.0. The first-order chi connectivity index (χ1) is 66.1. The van der Waals surface area contributed by atoms with Gasteiger partial charge < -0.3 is 164 Å². The van der Waals surface area contributed by atoms with Gasteiger partial charge in [0.1, 0.15) is 84.6 Å². The molecule has 1 fully saturated rings. The van der Waals surface area contributed by atoms with Crippen LogP contribution in [0.4, 0.5) is 0 Å². The number of nitrogens with two attached hydrogens (primary N) is 4. The highest BCUT2D eigenvalue weighted by Crippen LogP contribution is 2.21. The molecule has 57 heteroatoms. The van der Waals surface area contributed by atoms with Gasteiger partial charge in [-0.15, -0.1) is 0 Å². The van der Waals surface area contributed by atoms with Gasteiger partial charge in [-0.1, -0.05) is 64.4 Å². The first-order valence-electron chi connectivity index (χ1n) is 45.0. The summed E-state index contributed by atoms with van der Waals surface area (Å²) in [5.41, 5.74) is 22.7. The van der Waals surface area contributed by atoms with E-state index in [0.29, 0.717) is 5.56 Å². The van der Waals surface area contributed by atoms with Crippen LogP contribution in [0, 0.1) is 17.2 Å². The van der Waals surface area contributed by atoms with E-state index in [1.165, 1.54) is 13.8 Å². The molecule has 0 radical (unpaired) electrons. The van der Waals surface area contributed by atoms with Crippen molar-refractivity contribution in [2.24, 2.45) is 34.8 Å². The van der Waals surface area contributed by atoms with E-state index in [9.17, 15) is 156 Å². The van der Waals surface area contributed by atoms with Gasteiger partial charge in [-0.2, -0.15) is 0 Å². The van der Waals surface area contributed by atoms with Gasteiger partial charge in [0, 0.05) is 38.8 Å². The third-order valence-corrected chi connectivity index (χ3v) is 21.3. The highest BCUT2D eigenvalue weighted by Gasteiger charge is 2.43. The Morgan fingerprint density at radius 3 is 1.30 bits per heavy atom. The fourth-order valence-corrected chi connectivity index (χ4v) is 13.6. The third-order valence-electron chi connectivity index (χ3n) is 21.3. The summed E-state index contributed by atoms with van der Waals surface area (Å²) in [6.07, 6.45) is -11.4. The average molecular weight is 2010 g/mol. The molecule has 0 aromatic heterocycles. The number of unbranched alkanes of at least 4 members (excludes halogenated alkanes) is 1. The summed E-state index contributed by atoms with van der Waals surface area (Å²) >= 11 is 0. The van der Waals surface area contributed by atoms with Crippen molar-refractivity contribution < 1.29 is 161 Å². The number of aliphatic carboxylic acids is 6. The normalized spacial score (nSPS) is 15.7. The highest BCUT2D eigenvalue weighted by molar-refractivity contribution is 6.03. The molecule has 1 aromatic carbocycles. The lowest BCUT2D eigenvalue weighted by atomic mass is 9.96. The SMILES string of the molecule is CC[C@H](C)[C@H](NC(=O)[C@H](CC(=O)O)NC(=O)[C@H](CCCCN)NC(=O)CNC(=O)[C@H](CCC(=O)O)NC(=O)[C@H](CC(C)C)NC(=O)[C@H](CC(=O)O)NC(=O)[C@@H]1CCCN1C(=O)[C@H](CC(=O)O)NC(=O)CNC(=O)[C@H](CCCNC(=N)N)NC(=O)CNC(=O)[C@@H](NC(=O)[C@H](C)NC(=O)[C@@H](N)CCC(=O)O)[C@@H](C)O)C(=O)N[C@@H](CCC(N)=O)C(=O)N[C@H](C(=O)NCC(=O)N[C@@H](Cc1ccccc1)C(=O)O)[C@@H](C)O. The minimum absolute atomic E-state index is 0.00203. The largest absolute Gasteiger partial charge is 0.481 e. The Hall–Kier alpha value is -14.9. The number of nitrogens with zero attached hydrogens (tertiary/aromatic N) is 1. The van der Waals surface area contributed by atoms with Gasteiger partial charge in [-0.25, -0.2) is 4.79 Å². The quantitative estimate of drug-likeness (QED) is 0.0164. The average Bonchev–Trinajstić information content (AvgIpc) is 1.71. The molecule has 2 rings (SSSR count). The molecule has 0 saturated carbocycles. The summed E-state index contributed by atoms with van der Waals surface area (Å²) in [4.78, 5) is 332. The van der Waals surface area contributed by atoms with Crippen molar-refractivity contribution in [3.05, 3.63) is 35.9 Å². The second kappa shape index (κ2) is 62.8. The second-order valence-electron chi connectivity index (χ2n) is 33.6. The number of hydrogen-bond donors (Lipinski definition) is 31. The molecule has 1 aliphatic heterocycles. The number of rotatable bonds is 67. The topological polar surface area (TPSA) is 936 Å². The number of aliphatic hydroxyl groups excluding tert-OH is 2. The molecule has 141 heavy (non-hydrogen) atoms. The highest BCUT2D eigenvalue weighted by atomic mass is 16.4. The van der Waals surface area contributed by atoms with E-state index in [1.807, 2.05) is 0 Å². The monoisotopic (exact) mass is 2000 g/mol. The Bertz CT molecular complexity index is 4580. The summed E-state index contributed by atoms with van der Waals surface area (Å²) in [6.45, 7) is 5.20. The van der Waals surface area contributed by atoms with Gasteiger partial charge >= 0.3 is 35.8 Å². The Kier molecular flexibility index (Phi) is 54.4. The van der Waals surface area contributed by atoms with E-state index in [-0.39, 0.29) is 90.3 Å². The Morgan fingerprint density at radius 1 is 0.411 bits per heavy atom. The van der Waals surface area contributed by atoms with E-state index in [4.69, 9.17) is 33.5 Å². The molecule has 19 amide bonds. The molecule has 57 nitrogen and oxygen atoms in total. The molecule has 35 N–H and O–H groups in total. The molecule has 786 valence electrons. The maximum Gasteiger partial charge on any atom is 0.326 e. The fourth-order valence-electron chi connectivity index (χ4n) is 13.6. The number of benzene rings is 1. The molecule has 0 bridgehead atoms. The number of carboxylic acid groups (broad SMARTS) is 6. The van der Waals surface area contributed by atoms with Gasteiger partial charge in [0.2, 0.25) is 112 Å². The lowest BCUT2D eigenvalue weighted by Gasteiger charge is -2.30. The number of primary amides is 1. The zero-order valence-electron chi connectivity index (χ0n) is 78.8. The maximum atomic E-state index is 14.3. The summed E-state index contributed by atoms with van der Waals surface area (Å²) in [7, 11) is 0.